The van der Waals surface area contributed by atoms with Gasteiger partial charge in [-0.05, 0) is 47.9 Å². The van der Waals surface area contributed by atoms with E-state index in [4.69, 9.17) is 0 Å². The number of aromatic nitrogens is 3. The lowest BCUT2D eigenvalue weighted by molar-refractivity contribution is -0.137. The molecule has 4 aromatic rings. The summed E-state index contributed by atoms with van der Waals surface area (Å²) < 4.78 is 66.8. The summed E-state index contributed by atoms with van der Waals surface area (Å²) in [6.45, 7) is 3.78. The summed E-state index contributed by atoms with van der Waals surface area (Å²) in [5.41, 5.74) is 2.88. The molecule has 2 saturated heterocycles. The van der Waals surface area contributed by atoms with Crippen LogP contribution in [0.1, 0.15) is 41.0 Å². The number of halogens is 3. The van der Waals surface area contributed by atoms with E-state index in [9.17, 15) is 31.2 Å². The lowest BCUT2D eigenvalue weighted by atomic mass is 9.89. The smallest absolute Gasteiger partial charge is 0.369 e. The van der Waals surface area contributed by atoms with Gasteiger partial charge in [0, 0.05) is 82.1 Å². The van der Waals surface area contributed by atoms with Crippen LogP contribution in [0.4, 0.5) is 42.1 Å². The summed E-state index contributed by atoms with van der Waals surface area (Å²) in [6.07, 6.45) is -0.790. The number of carbonyl (C=O) groups excluding carboxylic acids is 2. The number of sulfonamides is 1. The number of nitrogens with one attached hydrogen (secondary N) is 3. The third kappa shape index (κ3) is 8.77. The Morgan fingerprint density at radius 2 is 1.75 bits per heavy atom. The lowest BCUT2D eigenvalue weighted by Crippen LogP contribution is -2.46. The molecule has 0 saturated carbocycles. The minimum Gasteiger partial charge on any atom is -0.369 e. The Kier molecular flexibility index (Phi) is 10.6. The summed E-state index contributed by atoms with van der Waals surface area (Å²) in [4.78, 5) is 40.6. The van der Waals surface area contributed by atoms with Crippen molar-refractivity contribution in [2.24, 2.45) is 0 Å². The van der Waals surface area contributed by atoms with Crippen LogP contribution in [0.25, 0.3) is 0 Å². The van der Waals surface area contributed by atoms with Crippen molar-refractivity contribution in [2.75, 3.05) is 59.3 Å². The van der Waals surface area contributed by atoms with Crippen LogP contribution in [0.15, 0.2) is 73.1 Å². The van der Waals surface area contributed by atoms with E-state index in [1.807, 2.05) is 30.3 Å². The molecule has 13 nitrogen and oxygen atoms in total. The van der Waals surface area contributed by atoms with Crippen molar-refractivity contribution < 1.29 is 31.2 Å². The van der Waals surface area contributed by atoms with Gasteiger partial charge < -0.3 is 15.5 Å². The zero-order valence-electron chi connectivity index (χ0n) is 28.5. The van der Waals surface area contributed by atoms with E-state index in [1.54, 1.807) is 24.3 Å². The van der Waals surface area contributed by atoms with Gasteiger partial charge in [0.05, 0.1) is 12.2 Å². The summed E-state index contributed by atoms with van der Waals surface area (Å²) >= 11 is 0. The number of rotatable bonds is 11. The maximum Gasteiger partial charge on any atom is 0.421 e. The standard InChI is InChI=1S/C35H38F3N9O4S/c1-45(52(2,50)51)32-25(7-4-14-39-32)20-40-31-29(35(36,37)38)21-41-34(44-31)42-26-8-10-27(11-9-26)47-17-15-46(16-18-47)22-23-5-3-6-24(19-23)28-12-13-30(48)43-33(28)49/h3-11,14,19,21,28H,12-13,15-18,20,22H2,1-2H3,(H,43,48,49)(H2,40,41,42,44). The molecule has 0 aliphatic carbocycles. The Labute approximate surface area is 299 Å². The van der Waals surface area contributed by atoms with E-state index in [1.165, 1.54) is 13.2 Å². The first-order valence-corrected chi connectivity index (χ1v) is 18.4. The number of hydrogen-bond donors (Lipinski definition) is 3. The van der Waals surface area contributed by atoms with Gasteiger partial charge in [-0.3, -0.25) is 24.1 Å². The van der Waals surface area contributed by atoms with Crippen LogP contribution >= 0.6 is 0 Å². The van der Waals surface area contributed by atoms with Crippen molar-refractivity contribution >= 4 is 50.8 Å². The molecular weight excluding hydrogens is 700 g/mol. The van der Waals surface area contributed by atoms with Crippen LogP contribution in [0.5, 0.6) is 0 Å². The topological polar surface area (TPSA) is 153 Å². The van der Waals surface area contributed by atoms with Crippen LogP contribution in [0, 0.1) is 0 Å². The minimum absolute atomic E-state index is 0.0572. The van der Waals surface area contributed by atoms with Crippen molar-refractivity contribution in [3.63, 3.8) is 0 Å². The van der Waals surface area contributed by atoms with Gasteiger partial charge in [0.15, 0.2) is 0 Å². The third-order valence-electron chi connectivity index (χ3n) is 9.06. The second kappa shape index (κ2) is 15.1. The number of carbonyl (C=O) groups is 2. The number of piperidine rings is 1. The molecular formula is C35H38F3N9O4S. The second-order valence-corrected chi connectivity index (χ2v) is 14.7. The van der Waals surface area contributed by atoms with Crippen LogP contribution in [0.2, 0.25) is 0 Å². The molecule has 0 spiro atoms. The van der Waals surface area contributed by atoms with Gasteiger partial charge in [-0.1, -0.05) is 30.3 Å². The fraction of sp³-hybridized carbons (Fsp3) is 0.343. The molecule has 3 N–H and O–H groups in total. The van der Waals surface area contributed by atoms with Crippen LogP contribution in [-0.4, -0.2) is 79.6 Å². The number of imide groups is 1. The van der Waals surface area contributed by atoms with Crippen LogP contribution < -0.4 is 25.2 Å². The number of piperazine rings is 1. The molecule has 274 valence electrons. The second-order valence-electron chi connectivity index (χ2n) is 12.7. The molecule has 2 amide bonds. The number of hydrogen-bond acceptors (Lipinski definition) is 11. The predicted octanol–water partition coefficient (Wildman–Crippen LogP) is 4.48. The van der Waals surface area contributed by atoms with Gasteiger partial charge in [-0.15, -0.1) is 0 Å². The number of nitrogens with zero attached hydrogens (tertiary/aromatic N) is 6. The number of alkyl halides is 3. The average Bonchev–Trinajstić information content (AvgIpc) is 3.10. The normalized spacial score (nSPS) is 17.1. The Balaban J connectivity index is 1.06. The van der Waals surface area contributed by atoms with Gasteiger partial charge >= 0.3 is 6.18 Å². The van der Waals surface area contributed by atoms with Crippen molar-refractivity contribution in [1.82, 2.24) is 25.2 Å². The fourth-order valence-electron chi connectivity index (χ4n) is 6.20. The number of pyridine rings is 1. The number of benzene rings is 2. The average molecular weight is 738 g/mol. The summed E-state index contributed by atoms with van der Waals surface area (Å²) in [6, 6.07) is 18.6. The molecule has 6 rings (SSSR count). The first kappa shape index (κ1) is 36.5. The number of amides is 2. The van der Waals surface area contributed by atoms with Gasteiger partial charge in [0.1, 0.15) is 17.2 Å². The Morgan fingerprint density at radius 1 is 1.00 bits per heavy atom. The highest BCUT2D eigenvalue weighted by atomic mass is 32.2. The lowest BCUT2D eigenvalue weighted by Gasteiger charge is -2.36. The summed E-state index contributed by atoms with van der Waals surface area (Å²) in [7, 11) is -2.35. The van der Waals surface area contributed by atoms with E-state index in [0.29, 0.717) is 30.3 Å². The van der Waals surface area contributed by atoms with Crippen LogP contribution in [-0.2, 0) is 38.9 Å². The first-order valence-electron chi connectivity index (χ1n) is 16.6. The number of anilines is 5. The highest BCUT2D eigenvalue weighted by Gasteiger charge is 2.35. The third-order valence-corrected chi connectivity index (χ3v) is 10.2. The molecule has 1 unspecified atom stereocenters. The van der Waals surface area contributed by atoms with Gasteiger partial charge in [-0.2, -0.15) is 18.2 Å². The van der Waals surface area contributed by atoms with Gasteiger partial charge in [0.2, 0.25) is 27.8 Å². The zero-order valence-corrected chi connectivity index (χ0v) is 29.3. The van der Waals surface area contributed by atoms with E-state index in [2.05, 4.69) is 46.8 Å². The Bertz CT molecular complexity index is 2040. The maximum atomic E-state index is 13.9. The quantitative estimate of drug-likeness (QED) is 0.187. The molecule has 4 heterocycles. The molecule has 2 aromatic heterocycles. The molecule has 0 bridgehead atoms. The zero-order chi connectivity index (χ0) is 37.0. The highest BCUT2D eigenvalue weighted by molar-refractivity contribution is 7.92. The molecule has 2 aromatic carbocycles. The SMILES string of the molecule is CN(c1ncccc1CNc1nc(Nc2ccc(N3CCN(Cc4cccc(C5CCC(=O)NC5=O)c4)CC3)cc2)ncc1C(F)(F)F)S(C)(=O)=O. The summed E-state index contributed by atoms with van der Waals surface area (Å²) in [5.74, 6) is -1.24. The molecule has 2 fully saturated rings. The van der Waals surface area contributed by atoms with Crippen LogP contribution in [0.3, 0.4) is 0 Å². The Hall–Kier alpha value is -5.29. The first-order chi connectivity index (χ1) is 24.7. The molecule has 1 atom stereocenters. The monoisotopic (exact) mass is 737 g/mol. The van der Waals surface area contributed by atoms with Crippen molar-refractivity contribution in [1.29, 1.82) is 0 Å². The van der Waals surface area contributed by atoms with Crippen molar-refractivity contribution in [2.45, 2.75) is 38.0 Å². The van der Waals surface area contributed by atoms with Crippen molar-refractivity contribution in [3.05, 3.63) is 95.3 Å². The minimum atomic E-state index is -4.74. The molecule has 17 heteroatoms. The molecule has 2 aliphatic heterocycles. The van der Waals surface area contributed by atoms with E-state index >= 15 is 0 Å². The molecule has 2 aliphatic rings. The van der Waals surface area contributed by atoms with Gasteiger partial charge in [-0.25, -0.2) is 18.4 Å². The fourth-order valence-corrected chi connectivity index (χ4v) is 6.68. The maximum absolute atomic E-state index is 13.9. The molecule has 52 heavy (non-hydrogen) atoms. The van der Waals surface area contributed by atoms with Crippen molar-refractivity contribution in [3.8, 4) is 0 Å². The summed E-state index contributed by atoms with van der Waals surface area (Å²) in [5, 5.41) is 8.09. The highest BCUT2D eigenvalue weighted by Crippen LogP contribution is 2.35. The Morgan fingerprint density at radius 3 is 2.44 bits per heavy atom. The van der Waals surface area contributed by atoms with E-state index in [-0.39, 0.29) is 36.0 Å². The van der Waals surface area contributed by atoms with E-state index in [0.717, 1.165) is 60.1 Å². The predicted molar refractivity (Wildman–Crippen MR) is 191 cm³/mol. The van der Waals surface area contributed by atoms with E-state index < -0.39 is 27.6 Å². The molecule has 0 radical (unpaired) electrons. The largest absolute Gasteiger partial charge is 0.421 e. The van der Waals surface area contributed by atoms with Gasteiger partial charge in [0.25, 0.3) is 0 Å².